The van der Waals surface area contributed by atoms with Crippen LogP contribution in [-0.2, 0) is 19.2 Å². The van der Waals surface area contributed by atoms with Crippen LogP contribution in [0.5, 0.6) is 0 Å². The van der Waals surface area contributed by atoms with Gasteiger partial charge in [-0.1, -0.05) is 53.7 Å². The highest BCUT2D eigenvalue weighted by Gasteiger charge is 2.54. The number of nitrogens with zero attached hydrogens (tertiary/aromatic N) is 1. The zero-order valence-electron chi connectivity index (χ0n) is 26.1. The molecule has 4 amide bonds. The quantitative estimate of drug-likeness (QED) is 0.321. The third kappa shape index (κ3) is 6.59. The van der Waals surface area contributed by atoms with E-state index in [9.17, 15) is 24.0 Å². The first-order valence-electron chi connectivity index (χ1n) is 14.9. The number of ketones is 1. The minimum Gasteiger partial charge on any atom is -0.356 e. The molecule has 1 aromatic carbocycles. The average Bonchev–Trinajstić information content (AvgIpc) is 3.61. The SMILES string of the molecule is Cc1cccc2[nH]c(C(=O)N[C@H](C(=O)N3C[C@@H](C)C(C)(C)[C@H]3C(=O)N[C@@H](C[C@@H]3CCNC3=O)C(=O)CCl)C(C)(C)C)cc12. The lowest BCUT2D eigenvalue weighted by atomic mass is 9.77. The molecule has 4 rings (SSSR count). The number of aryl methyl sites for hydroxylation is 1. The number of nitrogens with one attached hydrogen (secondary N) is 4. The van der Waals surface area contributed by atoms with E-state index in [0.717, 1.165) is 16.5 Å². The molecule has 0 radical (unpaired) electrons. The zero-order chi connectivity index (χ0) is 31.9. The summed E-state index contributed by atoms with van der Waals surface area (Å²) in [6, 6.07) is 4.75. The van der Waals surface area contributed by atoms with E-state index >= 15 is 0 Å². The van der Waals surface area contributed by atoms with Crippen LogP contribution >= 0.6 is 11.6 Å². The summed E-state index contributed by atoms with van der Waals surface area (Å²) in [4.78, 5) is 71.4. The van der Waals surface area contributed by atoms with E-state index < -0.39 is 46.7 Å². The summed E-state index contributed by atoms with van der Waals surface area (Å²) >= 11 is 5.89. The molecule has 4 N–H and O–H groups in total. The van der Waals surface area contributed by atoms with Crippen molar-refractivity contribution in [3.63, 3.8) is 0 Å². The molecule has 0 unspecified atom stereocenters. The van der Waals surface area contributed by atoms with Crippen LogP contribution in [0.25, 0.3) is 10.9 Å². The molecule has 2 aliphatic heterocycles. The number of hydrogen-bond acceptors (Lipinski definition) is 5. The summed E-state index contributed by atoms with van der Waals surface area (Å²) in [7, 11) is 0. The van der Waals surface area contributed by atoms with Gasteiger partial charge in [-0.05, 0) is 54.2 Å². The molecule has 0 spiro atoms. The molecule has 2 fully saturated rings. The van der Waals surface area contributed by atoms with Gasteiger partial charge in [0, 0.05) is 29.9 Å². The van der Waals surface area contributed by atoms with E-state index in [1.54, 1.807) is 6.07 Å². The molecule has 0 aliphatic carbocycles. The second kappa shape index (κ2) is 12.3. The number of aromatic amines is 1. The summed E-state index contributed by atoms with van der Waals surface area (Å²) in [6.45, 7) is 14.2. The van der Waals surface area contributed by atoms with E-state index in [4.69, 9.17) is 11.6 Å². The Labute approximate surface area is 258 Å². The van der Waals surface area contributed by atoms with Crippen molar-refractivity contribution in [2.45, 2.75) is 79.4 Å². The second-order valence-corrected chi connectivity index (χ2v) is 14.0. The molecule has 1 aromatic heterocycles. The second-order valence-electron chi connectivity index (χ2n) is 13.8. The third-order valence-corrected chi connectivity index (χ3v) is 9.59. The number of H-pyrrole nitrogens is 1. The van der Waals surface area contributed by atoms with Gasteiger partial charge in [-0.3, -0.25) is 24.0 Å². The number of likely N-dealkylation sites (tertiary alicyclic amines) is 1. The number of Topliss-reactive ketones (excluding diaryl/α,β-unsaturated/α-hetero) is 1. The van der Waals surface area contributed by atoms with Crippen molar-refractivity contribution in [1.29, 1.82) is 0 Å². The minimum atomic E-state index is -0.953. The van der Waals surface area contributed by atoms with E-state index in [2.05, 4.69) is 20.9 Å². The fourth-order valence-corrected chi connectivity index (χ4v) is 6.41. The number of benzene rings is 1. The molecular formula is C32H44ClN5O5. The first-order valence-corrected chi connectivity index (χ1v) is 15.5. The summed E-state index contributed by atoms with van der Waals surface area (Å²) in [5.41, 5.74) is 0.873. The predicted octanol–water partition coefficient (Wildman–Crippen LogP) is 3.31. The van der Waals surface area contributed by atoms with Gasteiger partial charge in [0.1, 0.15) is 17.8 Å². The van der Waals surface area contributed by atoms with Crippen molar-refractivity contribution < 1.29 is 24.0 Å². The lowest BCUT2D eigenvalue weighted by Gasteiger charge is -2.38. The molecule has 0 bridgehead atoms. The maximum Gasteiger partial charge on any atom is 0.268 e. The monoisotopic (exact) mass is 613 g/mol. The van der Waals surface area contributed by atoms with Crippen molar-refractivity contribution in [2.24, 2.45) is 22.7 Å². The summed E-state index contributed by atoms with van der Waals surface area (Å²) in [5, 5.41) is 9.47. The lowest BCUT2D eigenvalue weighted by molar-refractivity contribution is -0.144. The summed E-state index contributed by atoms with van der Waals surface area (Å²) < 4.78 is 0. The molecule has 10 nitrogen and oxygen atoms in total. The van der Waals surface area contributed by atoms with Crippen molar-refractivity contribution in [3.05, 3.63) is 35.5 Å². The van der Waals surface area contributed by atoms with Gasteiger partial charge in [0.15, 0.2) is 5.78 Å². The normalized spacial score (nSPS) is 23.1. The van der Waals surface area contributed by atoms with E-state index in [1.165, 1.54) is 4.90 Å². The Morgan fingerprint density at radius 2 is 1.86 bits per heavy atom. The molecule has 2 aromatic rings. The smallest absolute Gasteiger partial charge is 0.268 e. The summed E-state index contributed by atoms with van der Waals surface area (Å²) in [5.74, 6) is -2.57. The van der Waals surface area contributed by atoms with Crippen LogP contribution in [0.2, 0.25) is 0 Å². The molecule has 0 saturated carbocycles. The zero-order valence-corrected chi connectivity index (χ0v) is 26.9. The number of amides is 4. The Morgan fingerprint density at radius 1 is 1.16 bits per heavy atom. The molecule has 2 saturated heterocycles. The molecule has 11 heteroatoms. The van der Waals surface area contributed by atoms with Gasteiger partial charge in [-0.15, -0.1) is 11.6 Å². The largest absolute Gasteiger partial charge is 0.356 e. The maximum absolute atomic E-state index is 14.3. The molecule has 3 heterocycles. The third-order valence-electron chi connectivity index (χ3n) is 9.32. The van der Waals surface area contributed by atoms with Gasteiger partial charge in [0.2, 0.25) is 17.7 Å². The Hall–Kier alpha value is -3.40. The van der Waals surface area contributed by atoms with Crippen LogP contribution in [0.3, 0.4) is 0 Å². The maximum atomic E-state index is 14.3. The molecule has 43 heavy (non-hydrogen) atoms. The Kier molecular flexibility index (Phi) is 9.30. The number of hydrogen-bond donors (Lipinski definition) is 4. The number of aromatic nitrogens is 1. The van der Waals surface area contributed by atoms with Gasteiger partial charge >= 0.3 is 0 Å². The topological polar surface area (TPSA) is 140 Å². The van der Waals surface area contributed by atoms with Crippen molar-refractivity contribution >= 4 is 51.9 Å². The molecule has 2 aliphatic rings. The molecule has 234 valence electrons. The van der Waals surface area contributed by atoms with E-state index in [-0.39, 0.29) is 35.8 Å². The van der Waals surface area contributed by atoms with Crippen LogP contribution in [0.15, 0.2) is 24.3 Å². The number of carbonyl (C=O) groups excluding carboxylic acids is 5. The van der Waals surface area contributed by atoms with Crippen LogP contribution < -0.4 is 16.0 Å². The van der Waals surface area contributed by atoms with Crippen LogP contribution in [0.4, 0.5) is 0 Å². The van der Waals surface area contributed by atoms with Gasteiger partial charge < -0.3 is 25.8 Å². The van der Waals surface area contributed by atoms with E-state index in [1.807, 2.05) is 66.7 Å². The predicted molar refractivity (Wildman–Crippen MR) is 166 cm³/mol. The van der Waals surface area contributed by atoms with Gasteiger partial charge in [-0.25, -0.2) is 0 Å². The standard InChI is InChI=1S/C32H44ClN5O5/c1-17-9-8-10-21-20(17)14-23(35-21)28(41)37-25(31(3,4)5)30(43)38-16-18(2)32(6,7)26(38)29(42)36-22(24(39)15-33)13-19-11-12-34-27(19)40/h8-10,14,18-19,22,25-26,35H,11-13,15-16H2,1-7H3,(H,34,40)(H,36,42)(H,37,41)/t18-,19+,22+,25-,26-/m1/s1. The van der Waals surface area contributed by atoms with Gasteiger partial charge in [0.25, 0.3) is 5.91 Å². The molecule has 5 atom stereocenters. The van der Waals surface area contributed by atoms with Crippen LogP contribution in [0, 0.1) is 29.6 Å². The van der Waals surface area contributed by atoms with Crippen LogP contribution in [0.1, 0.15) is 70.4 Å². The fraction of sp³-hybridized carbons (Fsp3) is 0.594. The first kappa shape index (κ1) is 32.5. The number of fused-ring (bicyclic) bond motifs is 1. The number of carbonyl (C=O) groups is 5. The van der Waals surface area contributed by atoms with Crippen LogP contribution in [-0.4, -0.2) is 76.4 Å². The Balaban J connectivity index is 1.60. The average molecular weight is 614 g/mol. The Morgan fingerprint density at radius 3 is 2.44 bits per heavy atom. The highest BCUT2D eigenvalue weighted by Crippen LogP contribution is 2.42. The van der Waals surface area contributed by atoms with Crippen molar-refractivity contribution in [1.82, 2.24) is 25.8 Å². The number of alkyl halides is 1. The highest BCUT2D eigenvalue weighted by molar-refractivity contribution is 6.28. The molecular weight excluding hydrogens is 570 g/mol. The van der Waals surface area contributed by atoms with Crippen molar-refractivity contribution in [2.75, 3.05) is 19.0 Å². The number of rotatable bonds is 9. The minimum absolute atomic E-state index is 0.0528. The number of halogens is 1. The van der Waals surface area contributed by atoms with Crippen molar-refractivity contribution in [3.8, 4) is 0 Å². The highest BCUT2D eigenvalue weighted by atomic mass is 35.5. The fourth-order valence-electron chi connectivity index (χ4n) is 6.22. The van der Waals surface area contributed by atoms with Gasteiger partial charge in [-0.2, -0.15) is 0 Å². The summed E-state index contributed by atoms with van der Waals surface area (Å²) in [6.07, 6.45) is 0.713. The Bertz CT molecular complexity index is 1430. The first-order chi connectivity index (χ1) is 20.1. The van der Waals surface area contributed by atoms with Gasteiger partial charge in [0.05, 0.1) is 11.9 Å². The lowest BCUT2D eigenvalue weighted by Crippen LogP contribution is -2.60. The van der Waals surface area contributed by atoms with E-state index in [0.29, 0.717) is 25.2 Å².